The number of rotatable bonds is 6. The van der Waals surface area contributed by atoms with Crippen LogP contribution in [0.4, 0.5) is 5.13 Å². The van der Waals surface area contributed by atoms with Gasteiger partial charge in [-0.3, -0.25) is 15.0 Å². The van der Waals surface area contributed by atoms with Crippen molar-refractivity contribution in [3.63, 3.8) is 0 Å². The summed E-state index contributed by atoms with van der Waals surface area (Å²) in [6.45, 7) is 3.12. The fourth-order valence-electron chi connectivity index (χ4n) is 2.62. The Balaban J connectivity index is 1.45. The summed E-state index contributed by atoms with van der Waals surface area (Å²) < 4.78 is 6.43. The van der Waals surface area contributed by atoms with Crippen molar-refractivity contribution in [2.75, 3.05) is 25.0 Å². The summed E-state index contributed by atoms with van der Waals surface area (Å²) in [6.07, 6.45) is 3.86. The van der Waals surface area contributed by atoms with Crippen LogP contribution >= 0.6 is 27.3 Å². The smallest absolute Gasteiger partial charge is 0.264 e. The number of piperidine rings is 1. The minimum absolute atomic E-state index is 0.0251. The van der Waals surface area contributed by atoms with Gasteiger partial charge in [-0.15, -0.1) is 11.3 Å². The molecule has 0 unspecified atom stereocenters. The predicted molar refractivity (Wildman–Crippen MR) is 99.5 cm³/mol. The molecule has 1 aliphatic heterocycles. The summed E-state index contributed by atoms with van der Waals surface area (Å²) in [7, 11) is 0. The van der Waals surface area contributed by atoms with Crippen molar-refractivity contribution >= 4 is 38.3 Å². The molecule has 0 bridgehead atoms. The van der Waals surface area contributed by atoms with Gasteiger partial charge in [-0.05, 0) is 50.2 Å². The monoisotopic (exact) mass is 409 g/mol. The summed E-state index contributed by atoms with van der Waals surface area (Å²) in [5.41, 5.74) is 1.02. The van der Waals surface area contributed by atoms with Crippen LogP contribution in [0.5, 0.6) is 5.75 Å². The van der Waals surface area contributed by atoms with E-state index in [9.17, 15) is 4.79 Å². The summed E-state index contributed by atoms with van der Waals surface area (Å²) >= 11 is 4.82. The minimum atomic E-state index is -0.197. The van der Waals surface area contributed by atoms with Crippen molar-refractivity contribution < 1.29 is 9.53 Å². The van der Waals surface area contributed by atoms with Gasteiger partial charge in [-0.2, -0.15) is 0 Å². The van der Waals surface area contributed by atoms with Crippen LogP contribution in [0.1, 0.15) is 25.0 Å². The number of anilines is 1. The number of ether oxygens (including phenoxy) is 1. The second-order valence-corrected chi connectivity index (χ2v) is 7.55. The fourth-order valence-corrected chi connectivity index (χ4v) is 3.60. The van der Waals surface area contributed by atoms with E-state index in [2.05, 4.69) is 31.1 Å². The number of benzene rings is 1. The van der Waals surface area contributed by atoms with Gasteiger partial charge in [0.25, 0.3) is 5.91 Å². The molecule has 5 nitrogen and oxygen atoms in total. The van der Waals surface area contributed by atoms with E-state index in [1.54, 1.807) is 0 Å². The Kier molecular flexibility index (Phi) is 6.23. The topological polar surface area (TPSA) is 54.5 Å². The molecule has 1 amide bonds. The van der Waals surface area contributed by atoms with Crippen LogP contribution in [0.25, 0.3) is 0 Å². The van der Waals surface area contributed by atoms with Crippen molar-refractivity contribution in [3.8, 4) is 5.75 Å². The average molecular weight is 410 g/mol. The highest BCUT2D eigenvalue weighted by Gasteiger charge is 2.13. The first-order valence-corrected chi connectivity index (χ1v) is 9.71. The maximum atomic E-state index is 12.0. The highest BCUT2D eigenvalue weighted by Crippen LogP contribution is 2.19. The third kappa shape index (κ3) is 5.29. The number of hydrogen-bond acceptors (Lipinski definition) is 5. The van der Waals surface area contributed by atoms with Gasteiger partial charge in [0.2, 0.25) is 0 Å². The molecule has 0 saturated carbocycles. The average Bonchev–Trinajstić information content (AvgIpc) is 3.02. The highest BCUT2D eigenvalue weighted by atomic mass is 79.9. The molecule has 1 aliphatic rings. The van der Waals surface area contributed by atoms with Crippen molar-refractivity contribution in [1.82, 2.24) is 9.88 Å². The zero-order chi connectivity index (χ0) is 16.8. The van der Waals surface area contributed by atoms with Gasteiger partial charge >= 0.3 is 0 Å². The molecular formula is C17H20BrN3O2S. The molecule has 0 radical (unpaired) electrons. The largest absolute Gasteiger partial charge is 0.484 e. The molecule has 0 spiro atoms. The van der Waals surface area contributed by atoms with E-state index in [0.29, 0.717) is 10.9 Å². The van der Waals surface area contributed by atoms with Gasteiger partial charge in [-0.25, -0.2) is 4.98 Å². The first-order chi connectivity index (χ1) is 11.7. The van der Waals surface area contributed by atoms with E-state index >= 15 is 0 Å². The van der Waals surface area contributed by atoms with E-state index in [0.717, 1.165) is 29.8 Å². The normalized spacial score (nSPS) is 15.2. The summed E-state index contributed by atoms with van der Waals surface area (Å²) in [6, 6.07) is 7.39. The van der Waals surface area contributed by atoms with Gasteiger partial charge < -0.3 is 4.74 Å². The number of nitrogens with zero attached hydrogens (tertiary/aromatic N) is 2. The highest BCUT2D eigenvalue weighted by molar-refractivity contribution is 9.10. The van der Waals surface area contributed by atoms with Crippen molar-refractivity contribution in [2.24, 2.45) is 0 Å². The van der Waals surface area contributed by atoms with E-state index < -0.39 is 0 Å². The Morgan fingerprint density at radius 2 is 2.00 bits per heavy atom. The first-order valence-electron chi connectivity index (χ1n) is 8.04. The number of carbonyl (C=O) groups excluding carboxylic acids is 1. The molecule has 1 fully saturated rings. The maximum Gasteiger partial charge on any atom is 0.264 e. The number of thiazole rings is 1. The van der Waals surface area contributed by atoms with Gasteiger partial charge in [0.15, 0.2) is 11.7 Å². The minimum Gasteiger partial charge on any atom is -0.484 e. The lowest BCUT2D eigenvalue weighted by atomic mass is 10.1. The molecule has 7 heteroatoms. The molecule has 24 heavy (non-hydrogen) atoms. The zero-order valence-electron chi connectivity index (χ0n) is 13.3. The second-order valence-electron chi connectivity index (χ2n) is 5.77. The molecule has 0 aliphatic carbocycles. The molecule has 1 saturated heterocycles. The molecule has 2 aromatic rings. The quantitative estimate of drug-likeness (QED) is 0.785. The number of nitrogens with one attached hydrogen (secondary N) is 1. The molecule has 1 aromatic heterocycles. The lowest BCUT2D eigenvalue weighted by molar-refractivity contribution is -0.118. The SMILES string of the molecule is O=C(COc1ccc(Br)cc1)Nc1nc(CN2CCCCC2)cs1. The molecular weight excluding hydrogens is 390 g/mol. The first kappa shape index (κ1) is 17.4. The lowest BCUT2D eigenvalue weighted by Gasteiger charge is -2.25. The fraction of sp³-hybridized carbons (Fsp3) is 0.412. The molecule has 3 rings (SSSR count). The summed E-state index contributed by atoms with van der Waals surface area (Å²) in [4.78, 5) is 18.9. The number of halogens is 1. The Morgan fingerprint density at radius 3 is 2.75 bits per heavy atom. The number of carbonyl (C=O) groups is 1. The Labute approximate surface area is 154 Å². The number of aromatic nitrogens is 1. The zero-order valence-corrected chi connectivity index (χ0v) is 15.7. The summed E-state index contributed by atoms with van der Waals surface area (Å²) in [5, 5.41) is 5.44. The van der Waals surface area contributed by atoms with Crippen LogP contribution < -0.4 is 10.1 Å². The number of likely N-dealkylation sites (tertiary alicyclic amines) is 1. The molecule has 1 N–H and O–H groups in total. The second kappa shape index (κ2) is 8.60. The van der Waals surface area contributed by atoms with E-state index in [1.165, 1.54) is 30.6 Å². The van der Waals surface area contributed by atoms with Crippen LogP contribution in [0, 0.1) is 0 Å². The van der Waals surface area contributed by atoms with Crippen molar-refractivity contribution in [3.05, 3.63) is 39.8 Å². The molecule has 0 atom stereocenters. The van der Waals surface area contributed by atoms with Crippen LogP contribution in [-0.4, -0.2) is 35.5 Å². The van der Waals surface area contributed by atoms with Gasteiger partial charge in [-0.1, -0.05) is 22.4 Å². The number of hydrogen-bond donors (Lipinski definition) is 1. The van der Waals surface area contributed by atoms with Crippen molar-refractivity contribution in [2.45, 2.75) is 25.8 Å². The standard InChI is InChI=1S/C17H20BrN3O2S/c18-13-4-6-15(7-5-13)23-11-16(22)20-17-19-14(12-24-17)10-21-8-2-1-3-9-21/h4-7,12H,1-3,8-11H2,(H,19,20,22). The van der Waals surface area contributed by atoms with E-state index in [-0.39, 0.29) is 12.5 Å². The Bertz CT molecular complexity index is 669. The van der Waals surface area contributed by atoms with Crippen LogP contribution in [0.15, 0.2) is 34.1 Å². The van der Waals surface area contributed by atoms with Crippen LogP contribution in [0.2, 0.25) is 0 Å². The molecule has 128 valence electrons. The van der Waals surface area contributed by atoms with Gasteiger partial charge in [0.05, 0.1) is 5.69 Å². The maximum absolute atomic E-state index is 12.0. The third-order valence-corrected chi connectivity index (χ3v) is 5.15. The van der Waals surface area contributed by atoms with Gasteiger partial charge in [0, 0.05) is 16.4 Å². The predicted octanol–water partition coefficient (Wildman–Crippen LogP) is 3.91. The van der Waals surface area contributed by atoms with Crippen LogP contribution in [0.3, 0.4) is 0 Å². The van der Waals surface area contributed by atoms with E-state index in [4.69, 9.17) is 4.74 Å². The molecule has 1 aromatic carbocycles. The summed E-state index contributed by atoms with van der Waals surface area (Å²) in [5.74, 6) is 0.468. The number of amides is 1. The lowest BCUT2D eigenvalue weighted by Crippen LogP contribution is -2.29. The van der Waals surface area contributed by atoms with E-state index in [1.807, 2.05) is 29.6 Å². The van der Waals surface area contributed by atoms with Crippen molar-refractivity contribution in [1.29, 1.82) is 0 Å². The Hall–Kier alpha value is -1.44. The Morgan fingerprint density at radius 1 is 1.25 bits per heavy atom. The molecule has 2 heterocycles. The third-order valence-electron chi connectivity index (χ3n) is 3.82. The van der Waals surface area contributed by atoms with Gasteiger partial charge in [0.1, 0.15) is 5.75 Å². The van der Waals surface area contributed by atoms with Crippen LogP contribution in [-0.2, 0) is 11.3 Å².